The van der Waals surface area contributed by atoms with E-state index in [1.165, 1.54) is 12.1 Å². The van der Waals surface area contributed by atoms with Gasteiger partial charge in [-0.25, -0.2) is 9.97 Å². The highest BCUT2D eigenvalue weighted by Crippen LogP contribution is 2.30. The molecule has 2 nitrogen and oxygen atoms in total. The third-order valence-corrected chi connectivity index (χ3v) is 2.90. The first-order valence-corrected chi connectivity index (χ1v) is 6.18. The average Bonchev–Trinajstić information content (AvgIpc) is 2.38. The van der Waals surface area contributed by atoms with Crippen molar-refractivity contribution >= 4 is 15.9 Å². The Bertz CT molecular complexity index is 538. The number of hydrogen-bond donors (Lipinski definition) is 0. The predicted molar refractivity (Wildman–Crippen MR) is 65.1 cm³/mol. The van der Waals surface area contributed by atoms with Crippen molar-refractivity contribution in [1.29, 1.82) is 0 Å². The standard InChI is InChI=1S/C12H8BrF3N2/c13-7-10-5-6-17-11(18-10)8-1-3-9(4-2-8)12(14,15)16/h1-6H,7H2. The molecule has 2 aromatic rings. The Balaban J connectivity index is 2.34. The van der Waals surface area contributed by atoms with E-state index in [1.54, 1.807) is 12.3 Å². The molecule has 0 aliphatic heterocycles. The first-order valence-electron chi connectivity index (χ1n) is 5.06. The molecule has 0 saturated carbocycles. The van der Waals surface area contributed by atoms with Crippen molar-refractivity contribution in [2.24, 2.45) is 0 Å². The van der Waals surface area contributed by atoms with Gasteiger partial charge in [0, 0.05) is 17.1 Å². The lowest BCUT2D eigenvalue weighted by Gasteiger charge is -2.07. The van der Waals surface area contributed by atoms with Crippen LogP contribution in [0.25, 0.3) is 11.4 Å². The summed E-state index contributed by atoms with van der Waals surface area (Å²) in [6.45, 7) is 0. The Morgan fingerprint density at radius 2 is 1.72 bits per heavy atom. The third-order valence-electron chi connectivity index (χ3n) is 2.32. The van der Waals surface area contributed by atoms with Gasteiger partial charge < -0.3 is 0 Å². The first-order chi connectivity index (χ1) is 8.50. The number of nitrogens with zero attached hydrogens (tertiary/aromatic N) is 2. The zero-order valence-electron chi connectivity index (χ0n) is 9.08. The largest absolute Gasteiger partial charge is 0.416 e. The molecule has 18 heavy (non-hydrogen) atoms. The summed E-state index contributed by atoms with van der Waals surface area (Å²) >= 11 is 3.26. The number of benzene rings is 1. The fourth-order valence-electron chi connectivity index (χ4n) is 1.42. The summed E-state index contributed by atoms with van der Waals surface area (Å²) in [4.78, 5) is 8.25. The number of aromatic nitrogens is 2. The second-order valence-corrected chi connectivity index (χ2v) is 4.14. The van der Waals surface area contributed by atoms with Crippen LogP contribution in [0.15, 0.2) is 36.5 Å². The van der Waals surface area contributed by atoms with Crippen LogP contribution >= 0.6 is 15.9 Å². The topological polar surface area (TPSA) is 25.8 Å². The van der Waals surface area contributed by atoms with Gasteiger partial charge >= 0.3 is 6.18 Å². The molecule has 1 aromatic carbocycles. The van der Waals surface area contributed by atoms with Crippen LogP contribution in [0.3, 0.4) is 0 Å². The lowest BCUT2D eigenvalue weighted by atomic mass is 10.1. The van der Waals surface area contributed by atoms with Crippen molar-refractivity contribution < 1.29 is 13.2 Å². The van der Waals surface area contributed by atoms with E-state index in [1.807, 2.05) is 0 Å². The second kappa shape index (κ2) is 5.06. The third kappa shape index (κ3) is 2.87. The predicted octanol–water partition coefficient (Wildman–Crippen LogP) is 4.06. The zero-order valence-corrected chi connectivity index (χ0v) is 10.7. The van der Waals surface area contributed by atoms with E-state index in [9.17, 15) is 13.2 Å². The maximum absolute atomic E-state index is 12.4. The van der Waals surface area contributed by atoms with Crippen molar-refractivity contribution in [3.63, 3.8) is 0 Å². The minimum atomic E-state index is -4.32. The maximum Gasteiger partial charge on any atom is 0.416 e. The fraction of sp³-hybridized carbons (Fsp3) is 0.167. The summed E-state index contributed by atoms with van der Waals surface area (Å²) in [6, 6.07) is 6.54. The molecule has 2 rings (SSSR count). The molecular formula is C12H8BrF3N2. The summed E-state index contributed by atoms with van der Waals surface area (Å²) in [6.07, 6.45) is -2.74. The smallest absolute Gasteiger partial charge is 0.237 e. The van der Waals surface area contributed by atoms with E-state index in [2.05, 4.69) is 25.9 Å². The molecular weight excluding hydrogens is 309 g/mol. The molecule has 0 aliphatic carbocycles. The van der Waals surface area contributed by atoms with Gasteiger partial charge in [0.2, 0.25) is 0 Å². The molecule has 0 saturated heterocycles. The monoisotopic (exact) mass is 316 g/mol. The molecule has 0 spiro atoms. The molecule has 0 unspecified atom stereocenters. The highest BCUT2D eigenvalue weighted by Gasteiger charge is 2.30. The highest BCUT2D eigenvalue weighted by molar-refractivity contribution is 9.08. The normalized spacial score (nSPS) is 11.6. The summed E-state index contributed by atoms with van der Waals surface area (Å²) in [5.41, 5.74) is 0.661. The Hall–Kier alpha value is -1.43. The molecule has 1 heterocycles. The van der Waals surface area contributed by atoms with Crippen LogP contribution in [-0.2, 0) is 11.5 Å². The molecule has 6 heteroatoms. The molecule has 0 aliphatic rings. The SMILES string of the molecule is FC(F)(F)c1ccc(-c2nccc(CBr)n2)cc1. The van der Waals surface area contributed by atoms with E-state index in [4.69, 9.17) is 0 Å². The van der Waals surface area contributed by atoms with Crippen LogP contribution in [0.1, 0.15) is 11.3 Å². The minimum absolute atomic E-state index is 0.417. The van der Waals surface area contributed by atoms with Crippen LogP contribution in [0.2, 0.25) is 0 Å². The quantitative estimate of drug-likeness (QED) is 0.781. The molecule has 0 bridgehead atoms. The van der Waals surface area contributed by atoms with Crippen molar-refractivity contribution in [3.8, 4) is 11.4 Å². The van der Waals surface area contributed by atoms with Crippen molar-refractivity contribution in [1.82, 2.24) is 9.97 Å². The summed E-state index contributed by atoms with van der Waals surface area (Å²) < 4.78 is 37.2. The van der Waals surface area contributed by atoms with Crippen LogP contribution in [-0.4, -0.2) is 9.97 Å². The van der Waals surface area contributed by atoms with Gasteiger partial charge in [0.25, 0.3) is 0 Å². The number of hydrogen-bond acceptors (Lipinski definition) is 2. The van der Waals surface area contributed by atoms with Crippen LogP contribution in [0, 0.1) is 0 Å². The summed E-state index contributed by atoms with van der Waals surface area (Å²) in [5.74, 6) is 0.417. The van der Waals surface area contributed by atoms with E-state index >= 15 is 0 Å². The molecule has 0 radical (unpaired) electrons. The molecule has 0 amide bonds. The molecule has 1 aromatic heterocycles. The van der Waals surface area contributed by atoms with Gasteiger partial charge in [-0.3, -0.25) is 0 Å². The van der Waals surface area contributed by atoms with Gasteiger partial charge in [-0.05, 0) is 18.2 Å². The van der Waals surface area contributed by atoms with Crippen molar-refractivity contribution in [3.05, 3.63) is 47.8 Å². The Labute approximate surface area is 110 Å². The van der Waals surface area contributed by atoms with Gasteiger partial charge in [0.05, 0.1) is 11.3 Å². The summed E-state index contributed by atoms with van der Waals surface area (Å²) in [5, 5.41) is 0.573. The zero-order chi connectivity index (χ0) is 13.2. The number of rotatable bonds is 2. The average molecular weight is 317 g/mol. The Morgan fingerprint density at radius 3 is 2.28 bits per heavy atom. The number of alkyl halides is 4. The second-order valence-electron chi connectivity index (χ2n) is 3.58. The molecule has 0 atom stereocenters. The van der Waals surface area contributed by atoms with E-state index in [0.29, 0.717) is 16.7 Å². The summed E-state index contributed by atoms with van der Waals surface area (Å²) in [7, 11) is 0. The van der Waals surface area contributed by atoms with Crippen LogP contribution < -0.4 is 0 Å². The van der Waals surface area contributed by atoms with Gasteiger partial charge in [0.15, 0.2) is 5.82 Å². The van der Waals surface area contributed by atoms with Gasteiger partial charge in [-0.15, -0.1) is 0 Å². The van der Waals surface area contributed by atoms with Crippen molar-refractivity contribution in [2.75, 3.05) is 0 Å². The highest BCUT2D eigenvalue weighted by atomic mass is 79.9. The molecule has 0 fully saturated rings. The van der Waals surface area contributed by atoms with Gasteiger partial charge in [-0.1, -0.05) is 28.1 Å². The lowest BCUT2D eigenvalue weighted by Crippen LogP contribution is -2.04. The van der Waals surface area contributed by atoms with Crippen LogP contribution in [0.4, 0.5) is 13.2 Å². The number of halogens is 4. The van der Waals surface area contributed by atoms with Crippen LogP contribution in [0.5, 0.6) is 0 Å². The minimum Gasteiger partial charge on any atom is -0.237 e. The van der Waals surface area contributed by atoms with E-state index < -0.39 is 11.7 Å². The first kappa shape index (κ1) is 13.0. The van der Waals surface area contributed by atoms with E-state index in [-0.39, 0.29) is 0 Å². The molecule has 0 N–H and O–H groups in total. The van der Waals surface area contributed by atoms with Crippen molar-refractivity contribution in [2.45, 2.75) is 11.5 Å². The molecule has 94 valence electrons. The van der Waals surface area contributed by atoms with E-state index in [0.717, 1.165) is 17.8 Å². The van der Waals surface area contributed by atoms with Gasteiger partial charge in [0.1, 0.15) is 0 Å². The Kier molecular flexibility index (Phi) is 3.65. The Morgan fingerprint density at radius 1 is 1.06 bits per heavy atom. The van der Waals surface area contributed by atoms with Gasteiger partial charge in [-0.2, -0.15) is 13.2 Å². The fourth-order valence-corrected chi connectivity index (χ4v) is 1.73. The maximum atomic E-state index is 12.4. The lowest BCUT2D eigenvalue weighted by molar-refractivity contribution is -0.137.